The second-order valence-electron chi connectivity index (χ2n) is 5.87. The second kappa shape index (κ2) is 7.04. The Morgan fingerprint density at radius 1 is 0.480 bits per heavy atom. The van der Waals surface area contributed by atoms with Crippen LogP contribution in [0.2, 0.25) is 0 Å². The highest BCUT2D eigenvalue weighted by Crippen LogP contribution is 2.30. The summed E-state index contributed by atoms with van der Waals surface area (Å²) in [4.78, 5) is 4.91. The first-order chi connectivity index (χ1) is 12.3. The molecule has 0 saturated heterocycles. The second-order valence-corrected chi connectivity index (χ2v) is 6.78. The lowest BCUT2D eigenvalue weighted by molar-refractivity contribution is 1.32. The van der Waals surface area contributed by atoms with E-state index in [4.69, 9.17) is 4.98 Å². The topological polar surface area (TPSA) is 12.9 Å². The van der Waals surface area contributed by atoms with E-state index in [1.807, 2.05) is 36.4 Å². The predicted octanol–water partition coefficient (Wildman–Crippen LogP) is 6.85. The summed E-state index contributed by atoms with van der Waals surface area (Å²) >= 11 is 3.51. The average Bonchev–Trinajstić information content (AvgIpc) is 2.69. The molecule has 1 heterocycles. The minimum atomic E-state index is 0.986. The van der Waals surface area contributed by atoms with Gasteiger partial charge in [-0.25, -0.2) is 4.98 Å². The van der Waals surface area contributed by atoms with Crippen molar-refractivity contribution in [3.63, 3.8) is 0 Å². The molecule has 120 valence electrons. The Kier molecular flexibility index (Phi) is 4.45. The van der Waals surface area contributed by atoms with Gasteiger partial charge in [0.05, 0.1) is 11.4 Å². The molecule has 0 saturated carbocycles. The minimum absolute atomic E-state index is 0.986. The lowest BCUT2D eigenvalue weighted by Crippen LogP contribution is -1.91. The first-order valence-electron chi connectivity index (χ1n) is 8.18. The molecule has 25 heavy (non-hydrogen) atoms. The highest BCUT2D eigenvalue weighted by molar-refractivity contribution is 9.10. The van der Waals surface area contributed by atoms with Crippen LogP contribution < -0.4 is 0 Å². The van der Waals surface area contributed by atoms with Crippen LogP contribution in [-0.4, -0.2) is 4.98 Å². The van der Waals surface area contributed by atoms with Crippen LogP contribution in [0.1, 0.15) is 0 Å². The first-order valence-corrected chi connectivity index (χ1v) is 8.98. The molecule has 0 aliphatic heterocycles. The maximum absolute atomic E-state index is 4.91. The molecule has 3 aromatic carbocycles. The number of nitrogens with zero attached hydrogens (tertiary/aromatic N) is 1. The fraction of sp³-hybridized carbons (Fsp3) is 0. The van der Waals surface area contributed by atoms with Crippen molar-refractivity contribution in [2.45, 2.75) is 0 Å². The van der Waals surface area contributed by atoms with E-state index < -0.39 is 0 Å². The minimum Gasteiger partial charge on any atom is -0.248 e. The fourth-order valence-electron chi connectivity index (χ4n) is 2.85. The molecule has 2 heteroatoms. The zero-order valence-electron chi connectivity index (χ0n) is 13.6. The largest absolute Gasteiger partial charge is 0.248 e. The van der Waals surface area contributed by atoms with Crippen molar-refractivity contribution in [3.05, 3.63) is 102 Å². The Labute approximate surface area is 156 Å². The zero-order chi connectivity index (χ0) is 17.1. The van der Waals surface area contributed by atoms with Gasteiger partial charge in [0, 0.05) is 15.6 Å². The van der Waals surface area contributed by atoms with Crippen LogP contribution in [0.5, 0.6) is 0 Å². The number of halogens is 1. The number of aromatic nitrogens is 1. The monoisotopic (exact) mass is 385 g/mol. The Bertz CT molecular complexity index is 920. The van der Waals surface area contributed by atoms with Gasteiger partial charge in [-0.1, -0.05) is 88.7 Å². The van der Waals surface area contributed by atoms with E-state index in [1.165, 1.54) is 11.1 Å². The summed E-state index contributed by atoms with van der Waals surface area (Å²) in [5, 5.41) is 0. The van der Waals surface area contributed by atoms with Crippen molar-refractivity contribution in [1.29, 1.82) is 0 Å². The van der Waals surface area contributed by atoms with Crippen molar-refractivity contribution in [3.8, 4) is 33.6 Å². The summed E-state index contributed by atoms with van der Waals surface area (Å²) in [6, 6.07) is 33.4. The quantitative estimate of drug-likeness (QED) is 0.375. The molecule has 0 aliphatic rings. The predicted molar refractivity (Wildman–Crippen MR) is 108 cm³/mol. The lowest BCUT2D eigenvalue weighted by Gasteiger charge is -2.10. The van der Waals surface area contributed by atoms with E-state index in [-0.39, 0.29) is 0 Å². The van der Waals surface area contributed by atoms with Gasteiger partial charge in [-0.05, 0) is 35.4 Å². The summed E-state index contributed by atoms with van der Waals surface area (Å²) in [7, 11) is 0. The summed E-state index contributed by atoms with van der Waals surface area (Å²) in [6.07, 6.45) is 0. The maximum Gasteiger partial charge on any atom is 0.0715 e. The molecule has 4 rings (SSSR count). The number of hydrogen-bond donors (Lipinski definition) is 0. The normalized spacial score (nSPS) is 10.6. The third kappa shape index (κ3) is 3.54. The number of hydrogen-bond acceptors (Lipinski definition) is 1. The SMILES string of the molecule is Brc1ccc(-c2cc(-c3ccccc3)nc(-c3ccccc3)c2)cc1. The summed E-state index contributed by atoms with van der Waals surface area (Å²) in [5.41, 5.74) is 6.57. The van der Waals surface area contributed by atoms with Gasteiger partial charge in [-0.15, -0.1) is 0 Å². The molecule has 0 N–H and O–H groups in total. The molecule has 4 aromatic rings. The third-order valence-corrected chi connectivity index (χ3v) is 4.67. The van der Waals surface area contributed by atoms with Gasteiger partial charge in [-0.3, -0.25) is 0 Å². The van der Waals surface area contributed by atoms with Crippen LogP contribution in [-0.2, 0) is 0 Å². The van der Waals surface area contributed by atoms with Crippen LogP contribution in [0.4, 0.5) is 0 Å². The number of pyridine rings is 1. The van der Waals surface area contributed by atoms with Gasteiger partial charge in [0.1, 0.15) is 0 Å². The van der Waals surface area contributed by atoms with Gasteiger partial charge in [0.25, 0.3) is 0 Å². The molecular weight excluding hydrogens is 370 g/mol. The summed E-state index contributed by atoms with van der Waals surface area (Å²) < 4.78 is 1.08. The highest BCUT2D eigenvalue weighted by atomic mass is 79.9. The van der Waals surface area contributed by atoms with Gasteiger partial charge in [-0.2, -0.15) is 0 Å². The first kappa shape index (κ1) is 15.8. The van der Waals surface area contributed by atoms with E-state index in [2.05, 4.69) is 76.6 Å². The van der Waals surface area contributed by atoms with Crippen molar-refractivity contribution < 1.29 is 0 Å². The lowest BCUT2D eigenvalue weighted by atomic mass is 10.00. The van der Waals surface area contributed by atoms with Crippen LogP contribution in [0.3, 0.4) is 0 Å². The maximum atomic E-state index is 4.91. The summed E-state index contributed by atoms with van der Waals surface area (Å²) in [6.45, 7) is 0. The molecule has 0 aliphatic carbocycles. The van der Waals surface area contributed by atoms with Crippen LogP contribution in [0.15, 0.2) is 102 Å². The number of benzene rings is 3. The fourth-order valence-corrected chi connectivity index (χ4v) is 3.12. The summed E-state index contributed by atoms with van der Waals surface area (Å²) in [5.74, 6) is 0. The molecule has 0 radical (unpaired) electrons. The van der Waals surface area contributed by atoms with Crippen molar-refractivity contribution in [2.24, 2.45) is 0 Å². The van der Waals surface area contributed by atoms with Gasteiger partial charge in [0.2, 0.25) is 0 Å². The zero-order valence-corrected chi connectivity index (χ0v) is 15.1. The molecule has 1 nitrogen and oxygen atoms in total. The Morgan fingerprint density at radius 3 is 1.44 bits per heavy atom. The third-order valence-electron chi connectivity index (χ3n) is 4.14. The van der Waals surface area contributed by atoms with E-state index in [1.54, 1.807) is 0 Å². The van der Waals surface area contributed by atoms with Crippen molar-refractivity contribution in [2.75, 3.05) is 0 Å². The van der Waals surface area contributed by atoms with E-state index >= 15 is 0 Å². The number of rotatable bonds is 3. The van der Waals surface area contributed by atoms with Crippen molar-refractivity contribution >= 4 is 15.9 Å². The van der Waals surface area contributed by atoms with Crippen LogP contribution >= 0.6 is 15.9 Å². The van der Waals surface area contributed by atoms with E-state index in [0.29, 0.717) is 0 Å². The van der Waals surface area contributed by atoms with E-state index in [0.717, 1.165) is 27.0 Å². The molecule has 0 fully saturated rings. The van der Waals surface area contributed by atoms with E-state index in [9.17, 15) is 0 Å². The Hall–Kier alpha value is -2.71. The molecular formula is C23H16BrN. The Morgan fingerprint density at radius 2 is 0.960 bits per heavy atom. The smallest absolute Gasteiger partial charge is 0.0715 e. The molecule has 0 bridgehead atoms. The molecule has 1 aromatic heterocycles. The van der Waals surface area contributed by atoms with Crippen LogP contribution in [0.25, 0.3) is 33.6 Å². The van der Waals surface area contributed by atoms with Gasteiger partial charge >= 0.3 is 0 Å². The Balaban J connectivity index is 1.90. The highest BCUT2D eigenvalue weighted by Gasteiger charge is 2.08. The standard InChI is InChI=1S/C23H16BrN/c24-21-13-11-17(12-14-21)20-15-22(18-7-3-1-4-8-18)25-23(16-20)19-9-5-2-6-10-19/h1-16H. The molecule has 0 unspecified atom stereocenters. The molecule has 0 spiro atoms. The molecule has 0 atom stereocenters. The average molecular weight is 386 g/mol. The van der Waals surface area contributed by atoms with Gasteiger partial charge in [0.15, 0.2) is 0 Å². The van der Waals surface area contributed by atoms with Crippen LogP contribution in [0, 0.1) is 0 Å². The van der Waals surface area contributed by atoms with Gasteiger partial charge < -0.3 is 0 Å². The van der Waals surface area contributed by atoms with Crippen molar-refractivity contribution in [1.82, 2.24) is 4.98 Å². The molecule has 0 amide bonds.